The first kappa shape index (κ1) is 14.9. The van der Waals surface area contributed by atoms with Crippen LogP contribution in [-0.4, -0.2) is 26.1 Å². The van der Waals surface area contributed by atoms with Crippen LogP contribution in [0.5, 0.6) is 0 Å². The first-order valence-electron chi connectivity index (χ1n) is 7.00. The molecule has 0 aliphatic heterocycles. The maximum atomic E-state index is 13.2. The van der Waals surface area contributed by atoms with Gasteiger partial charge in [0.25, 0.3) is 0 Å². The van der Waals surface area contributed by atoms with Crippen LogP contribution in [0.15, 0.2) is 42.5 Å². The largest absolute Gasteiger partial charge is 0.476 e. The van der Waals surface area contributed by atoms with E-state index in [4.69, 9.17) is 0 Å². The van der Waals surface area contributed by atoms with Crippen molar-refractivity contribution in [1.29, 1.82) is 0 Å². The van der Waals surface area contributed by atoms with Crippen molar-refractivity contribution in [2.75, 3.05) is 0 Å². The van der Waals surface area contributed by atoms with Crippen molar-refractivity contribution >= 4 is 5.97 Å². The van der Waals surface area contributed by atoms with E-state index in [1.807, 2.05) is 32.0 Å². The number of aryl methyl sites for hydroxylation is 2. The lowest BCUT2D eigenvalue weighted by Gasteiger charge is -2.10. The molecule has 1 N–H and O–H groups in total. The summed E-state index contributed by atoms with van der Waals surface area (Å²) in [6.07, 6.45) is 0. The summed E-state index contributed by atoms with van der Waals surface area (Å²) in [5.74, 6) is -1.57. The summed E-state index contributed by atoms with van der Waals surface area (Å²) in [5.41, 5.74) is 3.45. The van der Waals surface area contributed by atoms with Gasteiger partial charge in [-0.3, -0.25) is 0 Å². The van der Waals surface area contributed by atoms with Crippen molar-refractivity contribution in [2.24, 2.45) is 0 Å². The second kappa shape index (κ2) is 5.64. The Hall–Kier alpha value is -3.02. The number of hydrogen-bond donors (Lipinski definition) is 1. The molecule has 6 heteroatoms. The van der Waals surface area contributed by atoms with Gasteiger partial charge in [-0.25, -0.2) is 13.9 Å². The monoisotopic (exact) mass is 311 g/mol. The van der Waals surface area contributed by atoms with Gasteiger partial charge in [-0.2, -0.15) is 0 Å². The number of carbonyl (C=O) groups is 1. The second-order valence-electron chi connectivity index (χ2n) is 5.30. The molecule has 0 saturated carbocycles. The zero-order valence-electron chi connectivity index (χ0n) is 12.6. The zero-order chi connectivity index (χ0) is 16.6. The predicted molar refractivity (Wildman–Crippen MR) is 83.2 cm³/mol. The summed E-state index contributed by atoms with van der Waals surface area (Å²) in [7, 11) is 0. The van der Waals surface area contributed by atoms with Crippen molar-refractivity contribution in [2.45, 2.75) is 13.8 Å². The van der Waals surface area contributed by atoms with Crippen molar-refractivity contribution in [3.63, 3.8) is 0 Å². The molecule has 0 aliphatic carbocycles. The number of halogens is 1. The Kier molecular flexibility index (Phi) is 3.65. The molecule has 23 heavy (non-hydrogen) atoms. The molecular formula is C17H14FN3O2. The van der Waals surface area contributed by atoms with Gasteiger partial charge in [0.2, 0.25) is 0 Å². The average Bonchev–Trinajstić information content (AvgIpc) is 2.93. The Bertz CT molecular complexity index is 885. The number of carboxylic acid groups (broad SMARTS) is 1. The van der Waals surface area contributed by atoms with Crippen molar-refractivity contribution in [3.8, 4) is 16.9 Å². The third-order valence-electron chi connectivity index (χ3n) is 3.57. The van der Waals surface area contributed by atoms with Gasteiger partial charge in [-0.05, 0) is 49.7 Å². The van der Waals surface area contributed by atoms with Gasteiger partial charge in [0.15, 0.2) is 5.69 Å². The van der Waals surface area contributed by atoms with E-state index in [1.54, 1.807) is 0 Å². The summed E-state index contributed by atoms with van der Waals surface area (Å²) in [4.78, 5) is 11.5. The molecule has 3 aromatic rings. The average molecular weight is 311 g/mol. The Morgan fingerprint density at radius 2 is 1.83 bits per heavy atom. The molecule has 0 bridgehead atoms. The minimum atomic E-state index is -1.18. The fourth-order valence-corrected chi connectivity index (χ4v) is 2.50. The maximum absolute atomic E-state index is 13.2. The molecule has 3 rings (SSSR count). The lowest BCUT2D eigenvalue weighted by atomic mass is 10.1. The highest BCUT2D eigenvalue weighted by Crippen LogP contribution is 2.27. The predicted octanol–water partition coefficient (Wildman–Crippen LogP) is 3.39. The first-order chi connectivity index (χ1) is 11.0. The summed E-state index contributed by atoms with van der Waals surface area (Å²) >= 11 is 0. The van der Waals surface area contributed by atoms with Crippen LogP contribution in [0.25, 0.3) is 16.9 Å². The molecule has 0 spiro atoms. The quantitative estimate of drug-likeness (QED) is 0.805. The van der Waals surface area contributed by atoms with Gasteiger partial charge in [0.1, 0.15) is 11.5 Å². The second-order valence-corrected chi connectivity index (χ2v) is 5.30. The number of benzene rings is 2. The Morgan fingerprint density at radius 1 is 1.13 bits per heavy atom. The SMILES string of the molecule is Cc1ccc(-n2nnc(C(=O)O)c2-c2ccc(F)cc2)c(C)c1. The minimum Gasteiger partial charge on any atom is -0.476 e. The number of carboxylic acids is 1. The molecule has 0 aliphatic rings. The van der Waals surface area contributed by atoms with Gasteiger partial charge >= 0.3 is 5.97 Å². The van der Waals surface area contributed by atoms with E-state index in [-0.39, 0.29) is 5.69 Å². The third kappa shape index (κ3) is 2.70. The topological polar surface area (TPSA) is 68.0 Å². The number of hydrogen-bond acceptors (Lipinski definition) is 3. The Morgan fingerprint density at radius 3 is 2.43 bits per heavy atom. The molecular weight excluding hydrogens is 297 g/mol. The van der Waals surface area contributed by atoms with Gasteiger partial charge in [-0.1, -0.05) is 22.9 Å². The van der Waals surface area contributed by atoms with E-state index in [2.05, 4.69) is 10.3 Å². The van der Waals surface area contributed by atoms with E-state index in [9.17, 15) is 14.3 Å². The van der Waals surface area contributed by atoms with Gasteiger partial charge in [0.05, 0.1) is 5.69 Å². The molecule has 0 unspecified atom stereocenters. The van der Waals surface area contributed by atoms with Gasteiger partial charge in [0, 0.05) is 5.56 Å². The Labute approximate surface area is 132 Å². The normalized spacial score (nSPS) is 10.7. The molecule has 0 atom stereocenters. The minimum absolute atomic E-state index is 0.170. The lowest BCUT2D eigenvalue weighted by Crippen LogP contribution is -2.04. The van der Waals surface area contributed by atoms with E-state index in [0.717, 1.165) is 16.8 Å². The number of aromatic carboxylic acids is 1. The number of rotatable bonds is 3. The van der Waals surface area contributed by atoms with Crippen LogP contribution in [0.3, 0.4) is 0 Å². The maximum Gasteiger partial charge on any atom is 0.358 e. The van der Waals surface area contributed by atoms with E-state index in [1.165, 1.54) is 28.9 Å². The van der Waals surface area contributed by atoms with Crippen LogP contribution in [0.1, 0.15) is 21.6 Å². The fraction of sp³-hybridized carbons (Fsp3) is 0.118. The molecule has 1 aromatic heterocycles. The van der Waals surface area contributed by atoms with E-state index < -0.39 is 11.8 Å². The third-order valence-corrected chi connectivity index (χ3v) is 3.57. The summed E-state index contributed by atoms with van der Waals surface area (Å²) in [5, 5.41) is 17.1. The summed E-state index contributed by atoms with van der Waals surface area (Å²) in [6.45, 7) is 3.89. The molecule has 0 saturated heterocycles. The fourth-order valence-electron chi connectivity index (χ4n) is 2.50. The van der Waals surface area contributed by atoms with Crippen molar-refractivity contribution < 1.29 is 14.3 Å². The molecule has 5 nitrogen and oxygen atoms in total. The standard InChI is InChI=1S/C17H14FN3O2/c1-10-3-8-14(11(2)9-10)21-16(15(17(22)23)19-20-21)12-4-6-13(18)7-5-12/h3-9H,1-2H3,(H,22,23). The van der Waals surface area contributed by atoms with Crippen molar-refractivity contribution in [1.82, 2.24) is 15.0 Å². The molecule has 116 valence electrons. The van der Waals surface area contributed by atoms with Gasteiger partial charge < -0.3 is 5.11 Å². The van der Waals surface area contributed by atoms with E-state index in [0.29, 0.717) is 11.3 Å². The zero-order valence-corrected chi connectivity index (χ0v) is 12.6. The highest BCUT2D eigenvalue weighted by Gasteiger charge is 2.22. The van der Waals surface area contributed by atoms with Crippen LogP contribution < -0.4 is 0 Å². The summed E-state index contributed by atoms with van der Waals surface area (Å²) in [6, 6.07) is 11.3. The van der Waals surface area contributed by atoms with E-state index >= 15 is 0 Å². The molecule has 0 fully saturated rings. The lowest BCUT2D eigenvalue weighted by molar-refractivity contribution is 0.0691. The van der Waals surface area contributed by atoms with Crippen LogP contribution in [0.4, 0.5) is 4.39 Å². The molecule has 2 aromatic carbocycles. The highest BCUT2D eigenvalue weighted by atomic mass is 19.1. The van der Waals surface area contributed by atoms with Crippen molar-refractivity contribution in [3.05, 3.63) is 65.1 Å². The van der Waals surface area contributed by atoms with Crippen LogP contribution in [0.2, 0.25) is 0 Å². The number of aromatic nitrogens is 3. The molecule has 0 radical (unpaired) electrons. The van der Waals surface area contributed by atoms with Crippen LogP contribution in [-0.2, 0) is 0 Å². The van der Waals surface area contributed by atoms with Crippen LogP contribution >= 0.6 is 0 Å². The molecule has 0 amide bonds. The number of nitrogens with zero attached hydrogens (tertiary/aromatic N) is 3. The smallest absolute Gasteiger partial charge is 0.358 e. The first-order valence-corrected chi connectivity index (χ1v) is 7.00. The van der Waals surface area contributed by atoms with Gasteiger partial charge in [-0.15, -0.1) is 5.10 Å². The molecule has 1 heterocycles. The van der Waals surface area contributed by atoms with Crippen LogP contribution in [0, 0.1) is 19.7 Å². The Balaban J connectivity index is 2.26. The summed E-state index contributed by atoms with van der Waals surface area (Å²) < 4.78 is 14.6. The highest BCUT2D eigenvalue weighted by molar-refractivity contribution is 5.93.